The van der Waals surface area contributed by atoms with Crippen LogP contribution in [0.15, 0.2) is 108 Å². The molecule has 0 radical (unpaired) electrons. The molecule has 1 aliphatic heterocycles. The third-order valence-corrected chi connectivity index (χ3v) is 7.57. The van der Waals surface area contributed by atoms with Crippen molar-refractivity contribution >= 4 is 29.5 Å². The van der Waals surface area contributed by atoms with E-state index in [1.165, 1.54) is 11.0 Å². The van der Waals surface area contributed by atoms with E-state index in [0.29, 0.717) is 11.5 Å². The minimum absolute atomic E-state index is 0.0549. The fraction of sp³-hybridized carbons (Fsp3) is 0.188. The van der Waals surface area contributed by atoms with Crippen LogP contribution in [0.4, 0.5) is 5.69 Å². The molecule has 4 aromatic rings. The summed E-state index contributed by atoms with van der Waals surface area (Å²) in [6, 6.07) is 31.6. The zero-order valence-corrected chi connectivity index (χ0v) is 23.5. The summed E-state index contributed by atoms with van der Waals surface area (Å²) in [4.78, 5) is 39.1. The maximum atomic E-state index is 12.4. The molecule has 9 nitrogen and oxygen atoms in total. The molecule has 216 valence electrons. The van der Waals surface area contributed by atoms with E-state index in [2.05, 4.69) is 33.9 Å². The van der Waals surface area contributed by atoms with Crippen molar-refractivity contribution in [1.82, 2.24) is 4.31 Å². The highest BCUT2D eigenvalue weighted by atomic mass is 32.2. The summed E-state index contributed by atoms with van der Waals surface area (Å²) in [5.74, 6) is 0.788. The second-order valence-electron chi connectivity index (χ2n) is 9.44. The van der Waals surface area contributed by atoms with E-state index >= 15 is 0 Å². The highest BCUT2D eigenvalue weighted by Crippen LogP contribution is 2.29. The molecule has 0 saturated carbocycles. The molecule has 0 atom stereocenters. The molecule has 0 unspecified atom stereocenters. The van der Waals surface area contributed by atoms with Gasteiger partial charge in [-0.05, 0) is 91.0 Å². The van der Waals surface area contributed by atoms with E-state index in [1.54, 1.807) is 42.3 Å². The summed E-state index contributed by atoms with van der Waals surface area (Å²) in [5.41, 5.74) is 1.12. The van der Waals surface area contributed by atoms with Crippen LogP contribution in [0.5, 0.6) is 17.2 Å². The standard InChI is InChI=1S/C32H30N2O5S.O2/c35-31(33-30-9-5-4-8-29(30)32(36)37)22-23-10-12-24(13-11-23)38-25-14-16-26(17-15-25)39-27-18-20-34(21-19-27)40-28-6-2-1-3-7-28;1-2/h1-17,27H,18-22H2,(H,33,35)(H,36,37);. The number of carboxylic acids is 1. The second kappa shape index (κ2) is 15.4. The molecular weight excluding hydrogens is 556 g/mol. The van der Waals surface area contributed by atoms with Crippen molar-refractivity contribution in [2.24, 2.45) is 0 Å². The summed E-state index contributed by atoms with van der Waals surface area (Å²) in [5, 5.41) is 12.0. The first-order valence-corrected chi connectivity index (χ1v) is 14.1. The van der Waals surface area contributed by atoms with Crippen LogP contribution < -0.4 is 14.8 Å². The summed E-state index contributed by atoms with van der Waals surface area (Å²) in [6.07, 6.45) is 2.27. The molecule has 5 rings (SSSR count). The number of benzene rings is 4. The molecule has 1 heterocycles. The number of aromatic carboxylic acids is 1. The number of ether oxygens (including phenoxy) is 2. The van der Waals surface area contributed by atoms with Crippen LogP contribution in [-0.2, 0) is 11.2 Å². The minimum Gasteiger partial charge on any atom is -0.490 e. The van der Waals surface area contributed by atoms with Crippen molar-refractivity contribution in [3.05, 3.63) is 124 Å². The number of amides is 1. The number of nitrogens with one attached hydrogen (secondary N) is 1. The lowest BCUT2D eigenvalue weighted by molar-refractivity contribution is -0.115. The van der Waals surface area contributed by atoms with Gasteiger partial charge in [-0.15, -0.1) is 0 Å². The number of hydrogen-bond acceptors (Lipinski definition) is 8. The number of nitrogens with zero attached hydrogens (tertiary/aromatic N) is 1. The van der Waals surface area contributed by atoms with E-state index in [1.807, 2.05) is 42.5 Å². The summed E-state index contributed by atoms with van der Waals surface area (Å²) < 4.78 is 14.6. The fourth-order valence-corrected chi connectivity index (χ4v) is 5.39. The maximum Gasteiger partial charge on any atom is 0.337 e. The first kappa shape index (κ1) is 30.3. The van der Waals surface area contributed by atoms with E-state index in [0.717, 1.165) is 37.2 Å². The number of para-hydroxylation sites is 1. The number of piperidine rings is 1. The van der Waals surface area contributed by atoms with Crippen molar-refractivity contribution in [3.8, 4) is 17.2 Å². The van der Waals surface area contributed by atoms with Gasteiger partial charge in [0.05, 0.1) is 17.7 Å². The van der Waals surface area contributed by atoms with Gasteiger partial charge in [-0.1, -0.05) is 42.5 Å². The van der Waals surface area contributed by atoms with Gasteiger partial charge >= 0.3 is 5.97 Å². The second-order valence-corrected chi connectivity index (χ2v) is 10.6. The van der Waals surface area contributed by atoms with Crippen molar-refractivity contribution in [3.63, 3.8) is 0 Å². The Labute approximate surface area is 247 Å². The Hall–Kier alpha value is -4.67. The van der Waals surface area contributed by atoms with Crippen LogP contribution in [0, 0.1) is 9.93 Å². The van der Waals surface area contributed by atoms with E-state index < -0.39 is 5.97 Å². The van der Waals surface area contributed by atoms with Gasteiger partial charge in [0.1, 0.15) is 23.4 Å². The van der Waals surface area contributed by atoms with Gasteiger partial charge in [0.25, 0.3) is 0 Å². The van der Waals surface area contributed by atoms with Crippen molar-refractivity contribution in [2.45, 2.75) is 30.3 Å². The highest BCUT2D eigenvalue weighted by molar-refractivity contribution is 7.97. The molecule has 1 amide bonds. The third-order valence-electron chi connectivity index (χ3n) is 6.46. The molecule has 0 bridgehead atoms. The Morgan fingerprint density at radius 1 is 0.786 bits per heavy atom. The molecule has 0 aromatic heterocycles. The summed E-state index contributed by atoms with van der Waals surface area (Å²) >= 11 is 1.80. The van der Waals surface area contributed by atoms with Gasteiger partial charge in [-0.25, -0.2) is 9.10 Å². The number of hydrogen-bond donors (Lipinski definition) is 2. The lowest BCUT2D eigenvalue weighted by atomic mass is 10.1. The monoisotopic (exact) mass is 586 g/mol. The first-order chi connectivity index (χ1) is 20.5. The predicted octanol–water partition coefficient (Wildman–Crippen LogP) is 6.98. The maximum absolute atomic E-state index is 12.4. The largest absolute Gasteiger partial charge is 0.490 e. The van der Waals surface area contributed by atoms with E-state index in [9.17, 15) is 14.7 Å². The van der Waals surface area contributed by atoms with E-state index in [4.69, 9.17) is 19.4 Å². The van der Waals surface area contributed by atoms with Crippen molar-refractivity contribution in [1.29, 1.82) is 0 Å². The van der Waals surface area contributed by atoms with Gasteiger partial charge in [0, 0.05) is 27.9 Å². The number of rotatable bonds is 10. The molecule has 2 N–H and O–H groups in total. The van der Waals surface area contributed by atoms with Crippen LogP contribution >= 0.6 is 11.9 Å². The van der Waals surface area contributed by atoms with Crippen LogP contribution in [-0.4, -0.2) is 40.5 Å². The van der Waals surface area contributed by atoms with Gasteiger partial charge in [0.15, 0.2) is 0 Å². The number of carbonyl (C=O) groups excluding carboxylic acids is 1. The van der Waals surface area contributed by atoms with Crippen LogP contribution in [0.25, 0.3) is 0 Å². The molecular formula is C32H30N2O7S. The first-order valence-electron chi connectivity index (χ1n) is 13.3. The predicted molar refractivity (Wildman–Crippen MR) is 163 cm³/mol. The molecule has 1 saturated heterocycles. The third kappa shape index (κ3) is 8.92. The molecule has 42 heavy (non-hydrogen) atoms. The number of carbonyl (C=O) groups is 2. The van der Waals surface area contributed by atoms with Crippen LogP contribution in [0.3, 0.4) is 0 Å². The average Bonchev–Trinajstić information content (AvgIpc) is 3.02. The number of anilines is 1. The lowest BCUT2D eigenvalue weighted by Gasteiger charge is -2.31. The van der Waals surface area contributed by atoms with Crippen LogP contribution in [0.1, 0.15) is 28.8 Å². The zero-order chi connectivity index (χ0) is 29.7. The van der Waals surface area contributed by atoms with E-state index in [-0.39, 0.29) is 29.7 Å². The SMILES string of the molecule is O=C(Cc1ccc(Oc2ccc(OC3CCN(Sc4ccccc4)CC3)cc2)cc1)Nc1ccccc1C(=O)O.O=O. The summed E-state index contributed by atoms with van der Waals surface area (Å²) in [6.45, 7) is 1.97. The quantitative estimate of drug-likeness (QED) is 0.190. The molecule has 0 spiro atoms. The average molecular weight is 587 g/mol. The van der Waals surface area contributed by atoms with Gasteiger partial charge < -0.3 is 19.9 Å². The fourth-order valence-electron chi connectivity index (χ4n) is 4.42. The molecule has 4 aromatic carbocycles. The van der Waals surface area contributed by atoms with Gasteiger partial charge in [-0.2, -0.15) is 0 Å². The Kier molecular flexibility index (Phi) is 11.1. The smallest absolute Gasteiger partial charge is 0.337 e. The van der Waals surface area contributed by atoms with Gasteiger partial charge in [-0.3, -0.25) is 4.79 Å². The van der Waals surface area contributed by atoms with Crippen molar-refractivity contribution < 1.29 is 24.2 Å². The van der Waals surface area contributed by atoms with Gasteiger partial charge in [0.2, 0.25) is 5.91 Å². The highest BCUT2D eigenvalue weighted by Gasteiger charge is 2.21. The molecule has 1 aliphatic rings. The number of carboxylic acid groups (broad SMARTS) is 1. The topological polar surface area (TPSA) is 122 Å². The normalized spacial score (nSPS) is 13.3. The van der Waals surface area contributed by atoms with Crippen molar-refractivity contribution in [2.75, 3.05) is 18.4 Å². The van der Waals surface area contributed by atoms with Crippen LogP contribution in [0.2, 0.25) is 0 Å². The minimum atomic E-state index is -1.09. The Morgan fingerprint density at radius 3 is 2.00 bits per heavy atom. The zero-order valence-electron chi connectivity index (χ0n) is 22.7. The Balaban J connectivity index is 0.00000198. The molecule has 0 aliphatic carbocycles. The Morgan fingerprint density at radius 2 is 1.36 bits per heavy atom. The molecule has 10 heteroatoms. The lowest BCUT2D eigenvalue weighted by Crippen LogP contribution is -2.34. The Bertz CT molecular complexity index is 1440. The summed E-state index contributed by atoms with van der Waals surface area (Å²) in [7, 11) is 0. The molecule has 1 fully saturated rings.